The number of nitrogens with zero attached hydrogens (tertiary/aromatic N) is 4. The minimum Gasteiger partial charge on any atom is -0.457 e. The molecule has 0 N–H and O–H groups in total. The van der Waals surface area contributed by atoms with Gasteiger partial charge in [0.05, 0.1) is 25.1 Å². The molecule has 1 fully saturated rings. The molecule has 1 aliphatic rings. The summed E-state index contributed by atoms with van der Waals surface area (Å²) in [5.74, 6) is 2.53. The van der Waals surface area contributed by atoms with Crippen molar-refractivity contribution in [2.24, 2.45) is 0 Å². The number of para-hydroxylation sites is 1. The van der Waals surface area contributed by atoms with E-state index in [4.69, 9.17) is 14.5 Å². The zero-order chi connectivity index (χ0) is 18.8. The van der Waals surface area contributed by atoms with Crippen LogP contribution in [0, 0.1) is 0 Å². The fourth-order valence-electron chi connectivity index (χ4n) is 3.44. The second-order valence-electron chi connectivity index (χ2n) is 6.63. The summed E-state index contributed by atoms with van der Waals surface area (Å²) in [5, 5.41) is 0. The number of benzene rings is 2. The lowest BCUT2D eigenvalue weighted by atomic mass is 10.1. The molecule has 1 saturated heterocycles. The number of hydrogen-bond donors (Lipinski definition) is 0. The molecule has 5 rings (SSSR count). The molecule has 3 heterocycles. The third-order valence-electron chi connectivity index (χ3n) is 4.85. The van der Waals surface area contributed by atoms with Gasteiger partial charge in [0, 0.05) is 31.0 Å². The minimum absolute atomic E-state index is 0.721. The SMILES string of the molecule is c1ccc(Oc2ccc(-c3cnc(N4CCOCC4)c4nccn34)cc2)cc1. The van der Waals surface area contributed by atoms with Gasteiger partial charge in [-0.1, -0.05) is 18.2 Å². The van der Waals surface area contributed by atoms with Crippen LogP contribution in [0.1, 0.15) is 0 Å². The van der Waals surface area contributed by atoms with Crippen molar-refractivity contribution in [1.82, 2.24) is 14.4 Å². The summed E-state index contributed by atoms with van der Waals surface area (Å²) in [6.45, 7) is 3.11. The zero-order valence-electron chi connectivity index (χ0n) is 15.4. The van der Waals surface area contributed by atoms with Gasteiger partial charge < -0.3 is 14.4 Å². The first kappa shape index (κ1) is 16.8. The molecule has 2 aromatic carbocycles. The van der Waals surface area contributed by atoms with Crippen LogP contribution >= 0.6 is 0 Å². The van der Waals surface area contributed by atoms with Gasteiger partial charge in [-0.2, -0.15) is 0 Å². The summed E-state index contributed by atoms with van der Waals surface area (Å²) in [4.78, 5) is 11.5. The van der Waals surface area contributed by atoms with Crippen LogP contribution in [0.3, 0.4) is 0 Å². The molecular formula is C22H20N4O2. The maximum absolute atomic E-state index is 5.89. The maximum atomic E-state index is 5.89. The number of morpholine rings is 1. The summed E-state index contributed by atoms with van der Waals surface area (Å²) in [5.41, 5.74) is 2.92. The van der Waals surface area contributed by atoms with Gasteiger partial charge in [0.25, 0.3) is 0 Å². The van der Waals surface area contributed by atoms with E-state index in [1.807, 2.05) is 73.2 Å². The van der Waals surface area contributed by atoms with E-state index in [0.29, 0.717) is 0 Å². The van der Waals surface area contributed by atoms with Gasteiger partial charge in [-0.25, -0.2) is 9.97 Å². The number of fused-ring (bicyclic) bond motifs is 1. The van der Waals surface area contributed by atoms with E-state index in [1.165, 1.54) is 0 Å². The Morgan fingerprint density at radius 1 is 0.857 bits per heavy atom. The molecule has 0 aliphatic carbocycles. The van der Waals surface area contributed by atoms with Crippen molar-refractivity contribution in [2.45, 2.75) is 0 Å². The summed E-state index contributed by atoms with van der Waals surface area (Å²) < 4.78 is 13.4. The van der Waals surface area contributed by atoms with Gasteiger partial charge in [0.15, 0.2) is 11.5 Å². The number of rotatable bonds is 4. The maximum Gasteiger partial charge on any atom is 0.180 e. The van der Waals surface area contributed by atoms with Crippen LogP contribution in [0.4, 0.5) is 5.82 Å². The highest BCUT2D eigenvalue weighted by molar-refractivity contribution is 5.71. The Labute approximate surface area is 163 Å². The van der Waals surface area contributed by atoms with Gasteiger partial charge in [0.2, 0.25) is 0 Å². The Morgan fingerprint density at radius 2 is 1.61 bits per heavy atom. The standard InChI is InChI=1S/C22H20N4O2/c1-2-4-18(5-3-1)28-19-8-6-17(7-9-19)20-16-24-21(22-23-10-11-26(20)22)25-12-14-27-15-13-25/h1-11,16H,12-15H2. The molecule has 0 unspecified atom stereocenters. The topological polar surface area (TPSA) is 51.9 Å². The van der Waals surface area contributed by atoms with Crippen LogP contribution < -0.4 is 9.64 Å². The Kier molecular flexibility index (Phi) is 4.39. The fourth-order valence-corrected chi connectivity index (χ4v) is 3.44. The summed E-state index contributed by atoms with van der Waals surface area (Å²) >= 11 is 0. The molecule has 6 heteroatoms. The molecule has 1 aliphatic heterocycles. The monoisotopic (exact) mass is 372 g/mol. The number of ether oxygens (including phenoxy) is 2. The van der Waals surface area contributed by atoms with E-state index in [2.05, 4.69) is 14.3 Å². The first-order valence-corrected chi connectivity index (χ1v) is 9.36. The lowest BCUT2D eigenvalue weighted by molar-refractivity contribution is 0.122. The van der Waals surface area contributed by atoms with Crippen molar-refractivity contribution in [3.05, 3.63) is 73.2 Å². The van der Waals surface area contributed by atoms with Gasteiger partial charge in [-0.05, 0) is 36.4 Å². The lowest BCUT2D eigenvalue weighted by Crippen LogP contribution is -2.37. The summed E-state index contributed by atoms with van der Waals surface area (Å²) in [6.07, 6.45) is 5.70. The normalized spacial score (nSPS) is 14.4. The molecule has 0 radical (unpaired) electrons. The summed E-state index contributed by atoms with van der Waals surface area (Å²) in [6, 6.07) is 17.8. The van der Waals surface area contributed by atoms with Crippen LogP contribution in [0.2, 0.25) is 0 Å². The highest BCUT2D eigenvalue weighted by atomic mass is 16.5. The van der Waals surface area contributed by atoms with Crippen molar-refractivity contribution in [3.63, 3.8) is 0 Å². The van der Waals surface area contributed by atoms with Gasteiger partial charge in [-0.15, -0.1) is 0 Å². The largest absolute Gasteiger partial charge is 0.457 e. The van der Waals surface area contributed by atoms with Crippen LogP contribution in [0.5, 0.6) is 11.5 Å². The predicted octanol–water partition coefficient (Wildman–Crippen LogP) is 4.03. The van der Waals surface area contributed by atoms with Gasteiger partial charge in [0.1, 0.15) is 11.5 Å². The van der Waals surface area contributed by atoms with E-state index < -0.39 is 0 Å². The van der Waals surface area contributed by atoms with E-state index in [1.54, 1.807) is 0 Å². The molecule has 4 aromatic rings. The average Bonchev–Trinajstić information content (AvgIpc) is 3.25. The number of hydrogen-bond acceptors (Lipinski definition) is 5. The molecule has 0 atom stereocenters. The number of imidazole rings is 1. The Bertz CT molecular complexity index is 1070. The highest BCUT2D eigenvalue weighted by Gasteiger charge is 2.18. The number of aromatic nitrogens is 3. The zero-order valence-corrected chi connectivity index (χ0v) is 15.4. The molecule has 0 spiro atoms. The molecule has 0 saturated carbocycles. The first-order chi connectivity index (χ1) is 13.9. The summed E-state index contributed by atoms with van der Waals surface area (Å²) in [7, 11) is 0. The van der Waals surface area contributed by atoms with Gasteiger partial charge in [-0.3, -0.25) is 4.40 Å². The fraction of sp³-hybridized carbons (Fsp3) is 0.182. The minimum atomic E-state index is 0.721. The van der Waals surface area contributed by atoms with E-state index >= 15 is 0 Å². The van der Waals surface area contributed by atoms with Crippen molar-refractivity contribution in [3.8, 4) is 22.8 Å². The number of anilines is 1. The average molecular weight is 372 g/mol. The Balaban J connectivity index is 1.45. The van der Waals surface area contributed by atoms with Crippen molar-refractivity contribution in [1.29, 1.82) is 0 Å². The smallest absolute Gasteiger partial charge is 0.180 e. The molecule has 140 valence electrons. The van der Waals surface area contributed by atoms with E-state index in [-0.39, 0.29) is 0 Å². The third-order valence-corrected chi connectivity index (χ3v) is 4.85. The first-order valence-electron chi connectivity index (χ1n) is 9.36. The van der Waals surface area contributed by atoms with E-state index in [9.17, 15) is 0 Å². The molecule has 6 nitrogen and oxygen atoms in total. The lowest BCUT2D eigenvalue weighted by Gasteiger charge is -2.28. The molecule has 0 amide bonds. The van der Waals surface area contributed by atoms with Crippen LogP contribution in [0.15, 0.2) is 73.2 Å². The molecular weight excluding hydrogens is 352 g/mol. The van der Waals surface area contributed by atoms with Crippen molar-refractivity contribution < 1.29 is 9.47 Å². The quantitative estimate of drug-likeness (QED) is 0.541. The van der Waals surface area contributed by atoms with Crippen LogP contribution in [0.25, 0.3) is 16.9 Å². The molecule has 28 heavy (non-hydrogen) atoms. The van der Waals surface area contributed by atoms with Crippen molar-refractivity contribution in [2.75, 3.05) is 31.2 Å². The van der Waals surface area contributed by atoms with E-state index in [0.717, 1.165) is 60.5 Å². The molecule has 2 aromatic heterocycles. The Hall–Kier alpha value is -3.38. The second-order valence-corrected chi connectivity index (χ2v) is 6.63. The van der Waals surface area contributed by atoms with Crippen LogP contribution in [-0.4, -0.2) is 40.7 Å². The van der Waals surface area contributed by atoms with Crippen molar-refractivity contribution >= 4 is 11.5 Å². The second kappa shape index (κ2) is 7.32. The highest BCUT2D eigenvalue weighted by Crippen LogP contribution is 2.28. The predicted molar refractivity (Wildman–Crippen MR) is 108 cm³/mol. The third kappa shape index (κ3) is 3.18. The Morgan fingerprint density at radius 3 is 2.39 bits per heavy atom. The van der Waals surface area contributed by atoms with Gasteiger partial charge >= 0.3 is 0 Å². The van der Waals surface area contributed by atoms with Crippen LogP contribution in [-0.2, 0) is 4.74 Å². The molecule has 0 bridgehead atoms.